The molecule has 0 radical (unpaired) electrons. The van der Waals surface area contributed by atoms with E-state index < -0.39 is 22.4 Å². The number of carbonyl (C=O) groups excluding carboxylic acids is 1. The molecule has 2 heterocycles. The summed E-state index contributed by atoms with van der Waals surface area (Å²) >= 11 is 0. The highest BCUT2D eigenvalue weighted by Gasteiger charge is 2.35. The molecular weight excluding hydrogens is 461 g/mol. The van der Waals surface area contributed by atoms with Gasteiger partial charge in [-0.05, 0) is 56.5 Å². The summed E-state index contributed by atoms with van der Waals surface area (Å²) in [4.78, 5) is 27.7. The van der Waals surface area contributed by atoms with Gasteiger partial charge in [0.15, 0.2) is 0 Å². The van der Waals surface area contributed by atoms with Gasteiger partial charge in [0.1, 0.15) is 5.69 Å². The fourth-order valence-corrected chi connectivity index (χ4v) is 5.02. The average Bonchev–Trinajstić information content (AvgIpc) is 3.38. The van der Waals surface area contributed by atoms with Crippen LogP contribution in [0.1, 0.15) is 42.9 Å². The maximum absolute atomic E-state index is 13.0. The Morgan fingerprint density at radius 3 is 2.31 bits per heavy atom. The van der Waals surface area contributed by atoms with Gasteiger partial charge in [0, 0.05) is 31.6 Å². The van der Waals surface area contributed by atoms with Crippen molar-refractivity contribution in [1.29, 1.82) is 0 Å². The number of alkyl halides is 3. The van der Waals surface area contributed by atoms with Crippen LogP contribution in [0.2, 0.25) is 0 Å². The van der Waals surface area contributed by atoms with Crippen LogP contribution in [0.4, 0.5) is 24.5 Å². The van der Waals surface area contributed by atoms with Crippen molar-refractivity contribution in [3.63, 3.8) is 0 Å². The molecule has 0 aliphatic carbocycles. The Morgan fingerprint density at radius 1 is 1.06 bits per heavy atom. The quantitative estimate of drug-likeness (QED) is 0.446. The molecule has 1 atom stereocenters. The number of amides is 1. The number of halogens is 3. The number of hydrogen-bond donors (Lipinski definition) is 1. The normalized spacial score (nSPS) is 18.4. The molecule has 2 aromatic carbocycles. The summed E-state index contributed by atoms with van der Waals surface area (Å²) in [6.45, 7) is 3.23. The fraction of sp³-hybridized carbons (Fsp3) is 0.480. The number of rotatable bonds is 7. The summed E-state index contributed by atoms with van der Waals surface area (Å²) < 4.78 is 39.0. The number of anilines is 1. The van der Waals surface area contributed by atoms with Crippen LogP contribution >= 0.6 is 0 Å². The Bertz CT molecular complexity index is 1030. The molecule has 0 spiro atoms. The highest BCUT2D eigenvalue weighted by Crippen LogP contribution is 2.37. The van der Waals surface area contributed by atoms with Gasteiger partial charge in [-0.3, -0.25) is 19.8 Å². The van der Waals surface area contributed by atoms with Crippen molar-refractivity contribution >= 4 is 17.3 Å². The molecule has 188 valence electrons. The second-order valence-corrected chi connectivity index (χ2v) is 9.13. The van der Waals surface area contributed by atoms with Crippen LogP contribution in [-0.4, -0.2) is 48.5 Å². The molecule has 4 rings (SSSR count). The molecule has 1 unspecified atom stereocenters. The van der Waals surface area contributed by atoms with Crippen LogP contribution in [-0.2, 0) is 11.0 Å². The Kier molecular flexibility index (Phi) is 7.59. The predicted octanol–water partition coefficient (Wildman–Crippen LogP) is 4.78. The molecule has 1 amide bonds. The number of nitro benzene ring substituents is 1. The van der Waals surface area contributed by atoms with Gasteiger partial charge < -0.3 is 10.2 Å². The lowest BCUT2D eigenvalue weighted by atomic mass is 9.95. The minimum atomic E-state index is -4.65. The zero-order valence-corrected chi connectivity index (χ0v) is 19.3. The van der Waals surface area contributed by atoms with Gasteiger partial charge in [0.25, 0.3) is 5.69 Å². The molecule has 2 saturated heterocycles. The minimum Gasteiger partial charge on any atom is -0.366 e. The van der Waals surface area contributed by atoms with Crippen molar-refractivity contribution in [3.05, 3.63) is 69.8 Å². The number of likely N-dealkylation sites (tertiary alicyclic amines) is 1. The zero-order valence-electron chi connectivity index (χ0n) is 19.3. The lowest BCUT2D eigenvalue weighted by molar-refractivity contribution is -0.384. The van der Waals surface area contributed by atoms with Crippen molar-refractivity contribution in [2.45, 2.75) is 37.9 Å². The van der Waals surface area contributed by atoms with E-state index in [2.05, 4.69) is 22.3 Å². The second kappa shape index (κ2) is 10.6. The van der Waals surface area contributed by atoms with Gasteiger partial charge in [-0.1, -0.05) is 30.3 Å². The number of benzene rings is 2. The SMILES string of the molecule is O=C(NCC(c1ccccc1)N1CCCC1)C1CCN(c2ccc(C(F)(F)F)cc2[N+](=O)[O-])CC1. The van der Waals surface area contributed by atoms with Gasteiger partial charge in [-0.25, -0.2) is 0 Å². The fourth-order valence-electron chi connectivity index (χ4n) is 5.02. The summed E-state index contributed by atoms with van der Waals surface area (Å²) in [5.41, 5.74) is -0.300. The summed E-state index contributed by atoms with van der Waals surface area (Å²) in [5.74, 6) is -0.290. The summed E-state index contributed by atoms with van der Waals surface area (Å²) in [5, 5.41) is 14.5. The molecule has 2 aromatic rings. The molecule has 2 fully saturated rings. The maximum atomic E-state index is 13.0. The molecule has 2 aliphatic heterocycles. The minimum absolute atomic E-state index is 0.0494. The van der Waals surface area contributed by atoms with Crippen LogP contribution in [0.25, 0.3) is 0 Å². The van der Waals surface area contributed by atoms with Crippen LogP contribution in [0, 0.1) is 16.0 Å². The Morgan fingerprint density at radius 2 is 1.71 bits per heavy atom. The molecule has 35 heavy (non-hydrogen) atoms. The molecule has 2 aliphatic rings. The molecule has 7 nitrogen and oxygen atoms in total. The third-order valence-corrected chi connectivity index (χ3v) is 6.94. The van der Waals surface area contributed by atoms with Gasteiger partial charge in [0.2, 0.25) is 5.91 Å². The first kappa shape index (κ1) is 25.0. The lowest BCUT2D eigenvalue weighted by Gasteiger charge is -2.33. The van der Waals surface area contributed by atoms with Crippen molar-refractivity contribution < 1.29 is 22.9 Å². The summed E-state index contributed by atoms with van der Waals surface area (Å²) in [6, 6.07) is 12.8. The van der Waals surface area contributed by atoms with Crippen LogP contribution in [0.15, 0.2) is 48.5 Å². The highest BCUT2D eigenvalue weighted by atomic mass is 19.4. The van der Waals surface area contributed by atoms with Gasteiger partial charge in [0.05, 0.1) is 16.5 Å². The number of hydrogen-bond acceptors (Lipinski definition) is 5. The van der Waals surface area contributed by atoms with E-state index in [0.29, 0.717) is 38.5 Å². The standard InChI is InChI=1S/C25H29F3N4O3/c26-25(27,28)20-8-9-21(22(16-20)32(34)35)31-14-10-19(11-15-31)24(33)29-17-23(30-12-4-5-13-30)18-6-2-1-3-7-18/h1-3,6-9,16,19,23H,4-5,10-15,17H2,(H,29,33). The first-order valence-corrected chi connectivity index (χ1v) is 11.9. The molecule has 1 N–H and O–H groups in total. The third-order valence-electron chi connectivity index (χ3n) is 6.94. The molecule has 0 aromatic heterocycles. The molecule has 0 saturated carbocycles. The van der Waals surface area contributed by atoms with E-state index in [1.807, 2.05) is 18.2 Å². The lowest BCUT2D eigenvalue weighted by Crippen LogP contribution is -2.43. The second-order valence-electron chi connectivity index (χ2n) is 9.13. The molecule has 0 bridgehead atoms. The Balaban J connectivity index is 1.37. The van der Waals surface area contributed by atoms with Crippen molar-refractivity contribution in [1.82, 2.24) is 10.2 Å². The van der Waals surface area contributed by atoms with E-state index in [1.54, 1.807) is 4.90 Å². The maximum Gasteiger partial charge on any atom is 0.416 e. The monoisotopic (exact) mass is 490 g/mol. The van der Waals surface area contributed by atoms with Crippen molar-refractivity contribution in [2.75, 3.05) is 37.6 Å². The molecular formula is C25H29F3N4O3. The molecule has 10 heteroatoms. The van der Waals surface area contributed by atoms with E-state index in [-0.39, 0.29) is 23.6 Å². The van der Waals surface area contributed by atoms with Crippen LogP contribution < -0.4 is 10.2 Å². The topological polar surface area (TPSA) is 78.7 Å². The van der Waals surface area contributed by atoms with Gasteiger partial charge >= 0.3 is 6.18 Å². The first-order valence-electron chi connectivity index (χ1n) is 11.9. The van der Waals surface area contributed by atoms with E-state index in [4.69, 9.17) is 0 Å². The third kappa shape index (κ3) is 5.93. The number of piperidine rings is 1. The number of carbonyl (C=O) groups is 1. The van der Waals surface area contributed by atoms with Gasteiger partial charge in [-0.2, -0.15) is 13.2 Å². The summed E-state index contributed by atoms with van der Waals surface area (Å²) in [6.07, 6.45) is -1.41. The van der Waals surface area contributed by atoms with E-state index in [1.165, 1.54) is 5.56 Å². The zero-order chi connectivity index (χ0) is 25.0. The number of nitrogens with zero attached hydrogens (tertiary/aromatic N) is 3. The number of nitro groups is 1. The van der Waals surface area contributed by atoms with E-state index in [9.17, 15) is 28.1 Å². The number of nitrogens with one attached hydrogen (secondary N) is 1. The predicted molar refractivity (Wildman–Crippen MR) is 126 cm³/mol. The van der Waals surface area contributed by atoms with E-state index in [0.717, 1.165) is 38.1 Å². The Labute approximate surface area is 202 Å². The average molecular weight is 491 g/mol. The highest BCUT2D eigenvalue weighted by molar-refractivity contribution is 5.79. The van der Waals surface area contributed by atoms with Gasteiger partial charge in [-0.15, -0.1) is 0 Å². The Hall–Kier alpha value is -3.14. The first-order chi connectivity index (χ1) is 16.7. The van der Waals surface area contributed by atoms with Crippen LogP contribution in [0.3, 0.4) is 0 Å². The smallest absolute Gasteiger partial charge is 0.366 e. The largest absolute Gasteiger partial charge is 0.416 e. The van der Waals surface area contributed by atoms with Crippen molar-refractivity contribution in [2.24, 2.45) is 5.92 Å². The van der Waals surface area contributed by atoms with Crippen molar-refractivity contribution in [3.8, 4) is 0 Å². The summed E-state index contributed by atoms with van der Waals surface area (Å²) in [7, 11) is 0. The van der Waals surface area contributed by atoms with E-state index >= 15 is 0 Å². The van der Waals surface area contributed by atoms with Crippen LogP contribution in [0.5, 0.6) is 0 Å².